The quantitative estimate of drug-likeness (QED) is 0.740. The summed E-state index contributed by atoms with van der Waals surface area (Å²) >= 11 is 0. The predicted molar refractivity (Wildman–Crippen MR) is 57.9 cm³/mol. The van der Waals surface area contributed by atoms with Gasteiger partial charge in [0, 0.05) is 39.9 Å². The molecule has 0 saturated heterocycles. The molecule has 0 unspecified atom stereocenters. The van der Waals surface area contributed by atoms with Crippen LogP contribution in [-0.4, -0.2) is 22.2 Å². The fraction of sp³-hybridized carbons (Fsp3) is 0. The molecule has 4 nitrogen and oxygen atoms in total. The molecule has 0 atom stereocenters. The molecule has 5 heteroatoms. The van der Waals surface area contributed by atoms with Gasteiger partial charge in [-0.1, -0.05) is 12.1 Å². The van der Waals surface area contributed by atoms with Crippen LogP contribution in [-0.2, 0) is 0 Å². The average molecular weight is 448 g/mol. The zero-order valence-electron chi connectivity index (χ0n) is 8.68. The van der Waals surface area contributed by atoms with Crippen LogP contribution < -0.4 is 0 Å². The average Bonchev–Trinajstić information content (AvgIpc) is 2.27. The second kappa shape index (κ2) is 5.53. The predicted octanol–water partition coefficient (Wildman–Crippen LogP) is 2.24. The maximum absolute atomic E-state index is 10.7. The number of carboxylic acid groups (broad SMARTS) is 2. The van der Waals surface area contributed by atoms with Crippen LogP contribution >= 0.6 is 0 Å². The maximum atomic E-state index is 10.7. The number of hydrogen-bond acceptors (Lipinski definition) is 2. The van der Waals surface area contributed by atoms with Gasteiger partial charge in [-0.3, -0.25) is 0 Å². The molecule has 0 fully saturated rings. The molecular weight excluding hydrogens is 440 g/mol. The number of rotatable bonds is 2. The van der Waals surface area contributed by atoms with E-state index < -0.39 is 11.9 Å². The summed E-state index contributed by atoms with van der Waals surface area (Å²) in [6.45, 7) is 0. The van der Waals surface area contributed by atoms with Gasteiger partial charge in [0.15, 0.2) is 0 Å². The molecule has 0 heterocycles. The molecule has 0 aliphatic carbocycles. The van der Waals surface area contributed by atoms with Crippen LogP contribution in [0.3, 0.4) is 0 Å². The molecule has 0 saturated carbocycles. The first kappa shape index (κ1) is 14.0. The van der Waals surface area contributed by atoms with Gasteiger partial charge in [-0.25, -0.2) is 9.59 Å². The van der Waals surface area contributed by atoms with Crippen LogP contribution in [0.25, 0.3) is 10.8 Å². The summed E-state index contributed by atoms with van der Waals surface area (Å²) in [4.78, 5) is 21.5. The van der Waals surface area contributed by atoms with E-state index in [1.807, 2.05) is 0 Å². The van der Waals surface area contributed by atoms with Gasteiger partial charge in [0.05, 0.1) is 11.1 Å². The Hall–Kier alpha value is -1.04. The minimum atomic E-state index is -0.996. The van der Waals surface area contributed by atoms with Gasteiger partial charge in [-0.2, -0.15) is 0 Å². The van der Waals surface area contributed by atoms with Crippen molar-refractivity contribution in [3.05, 3.63) is 47.5 Å². The second-order valence-corrected chi connectivity index (χ2v) is 3.39. The summed E-state index contributed by atoms with van der Waals surface area (Å²) in [6, 6.07) is 9.15. The number of aromatic carboxylic acids is 2. The topological polar surface area (TPSA) is 74.6 Å². The summed E-state index contributed by atoms with van der Waals surface area (Å²) in [5, 5.41) is 19.0. The van der Waals surface area contributed by atoms with Crippen LogP contribution in [0.1, 0.15) is 20.7 Å². The molecule has 0 spiro atoms. The van der Waals surface area contributed by atoms with E-state index in [4.69, 9.17) is 10.2 Å². The molecular formula is C12H8O4Th. The Balaban J connectivity index is 0.00000144. The zero-order valence-corrected chi connectivity index (χ0v) is 12.8. The summed E-state index contributed by atoms with van der Waals surface area (Å²) in [6.07, 6.45) is 0. The molecule has 0 radical (unpaired) electrons. The van der Waals surface area contributed by atoms with E-state index in [0.29, 0.717) is 10.8 Å². The fourth-order valence-electron chi connectivity index (χ4n) is 1.51. The van der Waals surface area contributed by atoms with E-state index in [9.17, 15) is 9.59 Å². The SMILES string of the molecule is O=C(O)c1ccc2cc(C(=O)O)ccc2c1.[Th]. The molecule has 17 heavy (non-hydrogen) atoms. The minimum Gasteiger partial charge on any atom is -0.478 e. The first-order chi connectivity index (χ1) is 7.58. The Labute approximate surface area is 129 Å². The summed E-state index contributed by atoms with van der Waals surface area (Å²) in [7, 11) is 0. The molecule has 0 amide bonds. The number of benzene rings is 2. The van der Waals surface area contributed by atoms with E-state index in [1.165, 1.54) is 24.3 Å². The molecule has 0 aliphatic rings. The summed E-state index contributed by atoms with van der Waals surface area (Å²) < 4.78 is 0. The Morgan fingerprint density at radius 1 is 0.765 bits per heavy atom. The minimum absolute atomic E-state index is 0. The molecule has 0 aromatic heterocycles. The van der Waals surface area contributed by atoms with Gasteiger partial charge in [0.1, 0.15) is 0 Å². The zero-order chi connectivity index (χ0) is 11.7. The molecule has 0 bridgehead atoms. The molecule has 0 aliphatic heterocycles. The molecule has 84 valence electrons. The fourth-order valence-corrected chi connectivity index (χ4v) is 1.51. The standard InChI is InChI=1S/C12H8O4.Th/c13-11(14)9-3-1-7-5-10(12(15)16)4-2-8(7)6-9;/h1-6H,(H,13,14)(H,15,16);. The Morgan fingerprint density at radius 2 is 1.12 bits per heavy atom. The van der Waals surface area contributed by atoms with Crippen LogP contribution in [0.15, 0.2) is 36.4 Å². The van der Waals surface area contributed by atoms with E-state index in [1.54, 1.807) is 12.1 Å². The normalized spacial score (nSPS) is 9.65. The van der Waals surface area contributed by atoms with Crippen molar-refractivity contribution in [3.63, 3.8) is 0 Å². The van der Waals surface area contributed by atoms with Gasteiger partial charge in [-0.15, -0.1) is 0 Å². The van der Waals surface area contributed by atoms with Crippen molar-refractivity contribution in [3.8, 4) is 0 Å². The molecule has 2 aromatic carbocycles. The van der Waals surface area contributed by atoms with Gasteiger partial charge in [0.2, 0.25) is 0 Å². The van der Waals surface area contributed by atoms with Crippen molar-refractivity contribution in [1.29, 1.82) is 0 Å². The maximum Gasteiger partial charge on any atom is 0.335 e. The largest absolute Gasteiger partial charge is 0.478 e. The Bertz CT molecular complexity index is 539. The molecule has 2 N–H and O–H groups in total. The van der Waals surface area contributed by atoms with E-state index in [-0.39, 0.29) is 51.1 Å². The molecule has 2 aromatic rings. The van der Waals surface area contributed by atoms with Crippen molar-refractivity contribution in [2.24, 2.45) is 0 Å². The molecule has 2 rings (SSSR count). The third-order valence-electron chi connectivity index (χ3n) is 2.33. The van der Waals surface area contributed by atoms with E-state index >= 15 is 0 Å². The van der Waals surface area contributed by atoms with Crippen molar-refractivity contribution in [1.82, 2.24) is 0 Å². The van der Waals surface area contributed by atoms with Crippen molar-refractivity contribution < 1.29 is 59.7 Å². The first-order valence-electron chi connectivity index (χ1n) is 4.58. The second-order valence-electron chi connectivity index (χ2n) is 3.39. The van der Waals surface area contributed by atoms with Gasteiger partial charge >= 0.3 is 11.9 Å². The number of hydrogen-bond donors (Lipinski definition) is 2. The van der Waals surface area contributed by atoms with Gasteiger partial charge < -0.3 is 10.2 Å². The van der Waals surface area contributed by atoms with Gasteiger partial charge in [0.25, 0.3) is 0 Å². The monoisotopic (exact) mass is 448 g/mol. The van der Waals surface area contributed by atoms with Crippen LogP contribution in [0.2, 0.25) is 0 Å². The van der Waals surface area contributed by atoms with Gasteiger partial charge in [-0.05, 0) is 35.0 Å². The van der Waals surface area contributed by atoms with E-state index in [0.717, 1.165) is 0 Å². The third-order valence-corrected chi connectivity index (χ3v) is 2.33. The third kappa shape index (κ3) is 3.00. The number of fused-ring (bicyclic) bond motifs is 1. The summed E-state index contributed by atoms with van der Waals surface area (Å²) in [5.41, 5.74) is 0.381. The number of carboxylic acids is 2. The van der Waals surface area contributed by atoms with Crippen LogP contribution in [0.5, 0.6) is 0 Å². The summed E-state index contributed by atoms with van der Waals surface area (Å²) in [5.74, 6) is -1.99. The first-order valence-corrected chi connectivity index (χ1v) is 4.58. The van der Waals surface area contributed by atoms with Crippen LogP contribution in [0.4, 0.5) is 0 Å². The Morgan fingerprint density at radius 3 is 1.41 bits per heavy atom. The van der Waals surface area contributed by atoms with Crippen molar-refractivity contribution in [2.75, 3.05) is 0 Å². The number of carbonyl (C=O) groups is 2. The van der Waals surface area contributed by atoms with Crippen LogP contribution in [0, 0.1) is 39.9 Å². The Kier molecular flexibility index (Phi) is 4.57. The smallest absolute Gasteiger partial charge is 0.335 e. The van der Waals surface area contributed by atoms with Crippen molar-refractivity contribution in [2.45, 2.75) is 0 Å². The van der Waals surface area contributed by atoms with E-state index in [2.05, 4.69) is 0 Å². The van der Waals surface area contributed by atoms with Crippen molar-refractivity contribution >= 4 is 22.7 Å².